The molecule has 0 bridgehead atoms. The van der Waals surface area contributed by atoms with Gasteiger partial charge in [-0.15, -0.1) is 0 Å². The Balaban J connectivity index is 0.000000937. The highest BCUT2D eigenvalue weighted by atomic mass is 32.1. The fraction of sp³-hybridized carbons (Fsp3) is 0.577. The Kier molecular flexibility index (Phi) is 5.16. The number of nitrogens with two attached hydrogens (primary N) is 1. The zero-order valence-electron chi connectivity index (χ0n) is 18.2. The summed E-state index contributed by atoms with van der Waals surface area (Å²) in [6.07, 6.45) is 16.3. The number of hydrogen-bond acceptors (Lipinski definition) is 4. The fourth-order valence-corrected chi connectivity index (χ4v) is 8.74. The van der Waals surface area contributed by atoms with E-state index in [1.165, 1.54) is 67.1 Å². The first-order valence-electron chi connectivity index (χ1n) is 11.6. The summed E-state index contributed by atoms with van der Waals surface area (Å²) in [7, 11) is 0. The highest BCUT2D eigenvalue weighted by Crippen LogP contribution is 2.66. The smallest absolute Gasteiger partial charge is 0.0847 e. The first-order chi connectivity index (χ1) is 14.6. The number of aromatic nitrogens is 1. The summed E-state index contributed by atoms with van der Waals surface area (Å²) in [4.78, 5) is 1.45. The number of benzene rings is 1. The normalized spacial score (nSPS) is 37.3. The molecule has 30 heavy (non-hydrogen) atoms. The maximum atomic E-state index is 6.50. The zero-order chi connectivity index (χ0) is 20.9. The van der Waals surface area contributed by atoms with Gasteiger partial charge in [0.25, 0.3) is 0 Å². The van der Waals surface area contributed by atoms with Crippen LogP contribution in [0.15, 0.2) is 42.0 Å². The van der Waals surface area contributed by atoms with Crippen molar-refractivity contribution in [1.29, 1.82) is 0 Å². The molecule has 1 aromatic carbocycles. The lowest BCUT2D eigenvalue weighted by Gasteiger charge is -2.57. The van der Waals surface area contributed by atoms with Crippen molar-refractivity contribution in [2.75, 3.05) is 0 Å². The van der Waals surface area contributed by atoms with E-state index in [1.54, 1.807) is 17.1 Å². The van der Waals surface area contributed by atoms with Gasteiger partial charge in [0.15, 0.2) is 0 Å². The second-order valence-corrected chi connectivity index (χ2v) is 11.1. The average Bonchev–Trinajstić information content (AvgIpc) is 3.35. The Morgan fingerprint density at radius 1 is 1.00 bits per heavy atom. The highest BCUT2D eigenvalue weighted by molar-refractivity contribution is 7.08. The molecule has 6 rings (SSSR count). The molecule has 0 spiro atoms. The highest BCUT2D eigenvalue weighted by Gasteiger charge is 2.56. The van der Waals surface area contributed by atoms with Crippen molar-refractivity contribution < 1.29 is 5.21 Å². The van der Waals surface area contributed by atoms with Gasteiger partial charge in [0, 0.05) is 5.39 Å². The molecule has 4 aliphatic carbocycles. The topological polar surface area (TPSA) is 59.1 Å². The van der Waals surface area contributed by atoms with Crippen molar-refractivity contribution >= 4 is 28.0 Å². The Bertz CT molecular complexity index is 1010. The van der Waals surface area contributed by atoms with E-state index in [-0.39, 0.29) is 0 Å². The van der Waals surface area contributed by atoms with Crippen LogP contribution in [0.1, 0.15) is 70.1 Å². The van der Waals surface area contributed by atoms with Gasteiger partial charge in [0.05, 0.1) is 10.4 Å². The monoisotopic (exact) mass is 422 g/mol. The molecular formula is C26H34N2OS. The largest absolute Gasteiger partial charge is 0.320 e. The first-order valence-corrected chi connectivity index (χ1v) is 12.4. The molecule has 0 saturated heterocycles. The lowest BCUT2D eigenvalue weighted by Crippen LogP contribution is -2.48. The van der Waals surface area contributed by atoms with Crippen molar-refractivity contribution in [3.05, 3.63) is 46.9 Å². The van der Waals surface area contributed by atoms with Gasteiger partial charge in [-0.3, -0.25) is 0 Å². The minimum Gasteiger partial charge on any atom is -0.320 e. The van der Waals surface area contributed by atoms with Gasteiger partial charge in [-0.2, -0.15) is 4.37 Å². The molecule has 3 N–H and O–H groups in total. The third-order valence-electron chi connectivity index (χ3n) is 9.23. The van der Waals surface area contributed by atoms with E-state index in [1.807, 2.05) is 5.57 Å². The number of fused-ring (bicyclic) bond motifs is 6. The van der Waals surface area contributed by atoms with E-state index < -0.39 is 0 Å². The van der Waals surface area contributed by atoms with Gasteiger partial charge in [-0.25, -0.2) is 5.90 Å². The standard InChI is InChI=1S/C26H31NS.H3NO/c1-25-15-6-5-7-17(25)10-11-18-20-12-13-22(26(20,2)16-14-21(18)25)24-19-8-3-4-9-23(19)27-28-24;1-2/h3-4,8-10,13,18,20-21H,5-7,11-12,14-16H2,1-2H3;2H,1H2. The Morgan fingerprint density at radius 3 is 2.70 bits per heavy atom. The molecule has 0 amide bonds. The summed E-state index contributed by atoms with van der Waals surface area (Å²) in [6, 6.07) is 8.72. The molecule has 2 fully saturated rings. The van der Waals surface area contributed by atoms with Crippen molar-refractivity contribution in [3.63, 3.8) is 0 Å². The minimum absolute atomic E-state index is 0.340. The number of rotatable bonds is 1. The molecule has 2 aromatic rings. The maximum Gasteiger partial charge on any atom is 0.0847 e. The molecule has 160 valence electrons. The third-order valence-corrected chi connectivity index (χ3v) is 10.1. The van der Waals surface area contributed by atoms with E-state index in [9.17, 15) is 0 Å². The summed E-state index contributed by atoms with van der Waals surface area (Å²) < 4.78 is 4.77. The molecule has 1 aromatic heterocycles. The Hall–Kier alpha value is -1.49. The van der Waals surface area contributed by atoms with E-state index in [4.69, 9.17) is 9.58 Å². The average molecular weight is 423 g/mol. The molecule has 1 heterocycles. The van der Waals surface area contributed by atoms with Crippen LogP contribution >= 0.6 is 11.5 Å². The van der Waals surface area contributed by atoms with Crippen molar-refractivity contribution in [2.45, 2.75) is 65.2 Å². The van der Waals surface area contributed by atoms with Gasteiger partial charge in [0.1, 0.15) is 0 Å². The Morgan fingerprint density at radius 2 is 1.83 bits per heavy atom. The molecule has 2 saturated carbocycles. The second kappa shape index (κ2) is 7.58. The van der Waals surface area contributed by atoms with Gasteiger partial charge in [0.2, 0.25) is 0 Å². The van der Waals surface area contributed by atoms with Crippen molar-refractivity contribution in [3.8, 4) is 0 Å². The molecule has 0 radical (unpaired) electrons. The quantitative estimate of drug-likeness (QED) is 0.385. The molecule has 3 nitrogen and oxygen atoms in total. The minimum atomic E-state index is 0.340. The maximum absolute atomic E-state index is 6.50. The van der Waals surface area contributed by atoms with Crippen LogP contribution < -0.4 is 5.90 Å². The van der Waals surface area contributed by atoms with Crippen LogP contribution in [-0.2, 0) is 0 Å². The van der Waals surface area contributed by atoms with Crippen LogP contribution in [0.5, 0.6) is 0 Å². The Labute approximate surface area is 184 Å². The van der Waals surface area contributed by atoms with E-state index >= 15 is 0 Å². The molecule has 5 atom stereocenters. The van der Waals surface area contributed by atoms with Crippen LogP contribution in [-0.4, -0.2) is 9.58 Å². The summed E-state index contributed by atoms with van der Waals surface area (Å²) in [5.74, 6) is 6.11. The summed E-state index contributed by atoms with van der Waals surface area (Å²) >= 11 is 1.73. The first kappa shape index (κ1) is 20.4. The molecule has 5 unspecified atom stereocenters. The predicted octanol–water partition coefficient (Wildman–Crippen LogP) is 6.98. The number of allylic oxidation sites excluding steroid dienone is 4. The van der Waals surface area contributed by atoms with E-state index in [0.717, 1.165) is 17.8 Å². The third kappa shape index (κ3) is 2.80. The van der Waals surface area contributed by atoms with Crippen LogP contribution in [0.2, 0.25) is 0 Å². The van der Waals surface area contributed by atoms with Crippen LogP contribution in [0.3, 0.4) is 0 Å². The second-order valence-electron chi connectivity index (χ2n) is 10.3. The van der Waals surface area contributed by atoms with Crippen LogP contribution in [0.4, 0.5) is 0 Å². The number of hydrogen-bond donors (Lipinski definition) is 2. The molecular weight excluding hydrogens is 388 g/mol. The molecule has 4 heteroatoms. The SMILES string of the molecule is CC12CCCCC1=CCC1C2CCC2(C)C(c3snc4ccccc34)=CCC12.NO. The van der Waals surface area contributed by atoms with Gasteiger partial charge >= 0.3 is 0 Å². The summed E-state index contributed by atoms with van der Waals surface area (Å²) in [5.41, 5.74) is 5.46. The van der Waals surface area contributed by atoms with Crippen molar-refractivity contribution in [1.82, 2.24) is 4.37 Å². The van der Waals surface area contributed by atoms with Crippen LogP contribution in [0, 0.1) is 28.6 Å². The van der Waals surface area contributed by atoms with Crippen molar-refractivity contribution in [2.24, 2.45) is 34.5 Å². The lowest BCUT2D eigenvalue weighted by atomic mass is 9.47. The fourth-order valence-electron chi connectivity index (χ4n) is 7.70. The molecule has 4 aliphatic rings. The zero-order valence-corrected chi connectivity index (χ0v) is 19.0. The molecule has 0 aliphatic heterocycles. The van der Waals surface area contributed by atoms with Gasteiger partial charge < -0.3 is 5.21 Å². The number of nitrogens with zero attached hydrogens (tertiary/aromatic N) is 1. The summed E-state index contributed by atoms with van der Waals surface area (Å²) in [5, 5.41) is 7.87. The van der Waals surface area contributed by atoms with Crippen LogP contribution in [0.25, 0.3) is 16.5 Å². The van der Waals surface area contributed by atoms with E-state index in [0.29, 0.717) is 10.8 Å². The summed E-state index contributed by atoms with van der Waals surface area (Å²) in [6.45, 7) is 5.21. The van der Waals surface area contributed by atoms with E-state index in [2.05, 4.69) is 56.2 Å². The lowest BCUT2D eigenvalue weighted by molar-refractivity contribution is -0.00971. The van der Waals surface area contributed by atoms with Gasteiger partial charge in [-0.05, 0) is 96.7 Å². The van der Waals surface area contributed by atoms with Gasteiger partial charge in [-0.1, -0.05) is 56.2 Å². The predicted molar refractivity (Wildman–Crippen MR) is 125 cm³/mol.